The number of aryl methyl sites for hydroxylation is 2. The van der Waals surface area contributed by atoms with Crippen molar-refractivity contribution in [2.45, 2.75) is 37.1 Å². The molecule has 6 nitrogen and oxygen atoms in total. The van der Waals surface area contributed by atoms with Crippen LogP contribution >= 0.6 is 11.8 Å². The molecule has 2 aromatic rings. The quantitative estimate of drug-likeness (QED) is 0.750. The van der Waals surface area contributed by atoms with Gasteiger partial charge < -0.3 is 14.4 Å². The van der Waals surface area contributed by atoms with Crippen LogP contribution in [0.1, 0.15) is 30.5 Å². The van der Waals surface area contributed by atoms with Crippen molar-refractivity contribution >= 4 is 11.8 Å². The molecule has 0 amide bonds. The molecule has 4 rings (SSSR count). The number of nitrogens with zero attached hydrogens (tertiary/aromatic N) is 4. The van der Waals surface area contributed by atoms with E-state index in [2.05, 4.69) is 38.8 Å². The Kier molecular flexibility index (Phi) is 5.36. The Labute approximate surface area is 158 Å². The first kappa shape index (κ1) is 17.7. The Balaban J connectivity index is 1.38. The zero-order chi connectivity index (χ0) is 17.9. The van der Waals surface area contributed by atoms with E-state index in [0.29, 0.717) is 19.3 Å². The molecule has 7 heteroatoms. The van der Waals surface area contributed by atoms with Crippen LogP contribution in [0.3, 0.4) is 0 Å². The SMILES string of the molecule is Cc1nc(CCSc2ccc3c(c2)OCCO3)n(C2CCN(C)CC2)n1. The van der Waals surface area contributed by atoms with Gasteiger partial charge in [-0.2, -0.15) is 5.10 Å². The maximum absolute atomic E-state index is 5.67. The zero-order valence-corrected chi connectivity index (χ0v) is 16.3. The van der Waals surface area contributed by atoms with Gasteiger partial charge in [-0.1, -0.05) is 0 Å². The molecule has 0 bridgehead atoms. The van der Waals surface area contributed by atoms with E-state index in [1.54, 1.807) is 0 Å². The monoisotopic (exact) mass is 374 g/mol. The Morgan fingerprint density at radius 2 is 1.92 bits per heavy atom. The largest absolute Gasteiger partial charge is 0.486 e. The lowest BCUT2D eigenvalue weighted by atomic mass is 10.1. The first-order valence-corrected chi connectivity index (χ1v) is 10.3. The van der Waals surface area contributed by atoms with E-state index < -0.39 is 0 Å². The summed E-state index contributed by atoms with van der Waals surface area (Å²) in [4.78, 5) is 8.28. The highest BCUT2D eigenvalue weighted by Gasteiger charge is 2.22. The molecule has 0 atom stereocenters. The number of fused-ring (bicyclic) bond motifs is 1. The smallest absolute Gasteiger partial charge is 0.162 e. The molecule has 0 N–H and O–H groups in total. The number of thioether (sulfide) groups is 1. The molecule has 1 saturated heterocycles. The van der Waals surface area contributed by atoms with Crippen LogP contribution in [0.15, 0.2) is 23.1 Å². The van der Waals surface area contributed by atoms with Gasteiger partial charge in [0.25, 0.3) is 0 Å². The number of likely N-dealkylation sites (tertiary alicyclic amines) is 1. The molecule has 3 heterocycles. The van der Waals surface area contributed by atoms with Crippen LogP contribution in [-0.2, 0) is 6.42 Å². The van der Waals surface area contributed by atoms with Crippen molar-refractivity contribution in [3.63, 3.8) is 0 Å². The highest BCUT2D eigenvalue weighted by atomic mass is 32.2. The predicted octanol–water partition coefficient (Wildman–Crippen LogP) is 2.96. The van der Waals surface area contributed by atoms with Gasteiger partial charge in [-0.3, -0.25) is 0 Å². The van der Waals surface area contributed by atoms with Crippen LogP contribution in [0.5, 0.6) is 11.5 Å². The van der Waals surface area contributed by atoms with Gasteiger partial charge in [0.05, 0.1) is 6.04 Å². The van der Waals surface area contributed by atoms with Crippen molar-refractivity contribution in [3.8, 4) is 11.5 Å². The summed E-state index contributed by atoms with van der Waals surface area (Å²) >= 11 is 1.83. The van der Waals surface area contributed by atoms with Gasteiger partial charge in [0.2, 0.25) is 0 Å². The van der Waals surface area contributed by atoms with Crippen molar-refractivity contribution in [3.05, 3.63) is 29.8 Å². The number of aromatic nitrogens is 3. The first-order valence-electron chi connectivity index (χ1n) is 9.32. The number of hydrogen-bond acceptors (Lipinski definition) is 6. The molecule has 140 valence electrons. The summed E-state index contributed by atoms with van der Waals surface area (Å²) < 4.78 is 13.4. The Morgan fingerprint density at radius 3 is 2.73 bits per heavy atom. The average Bonchev–Trinajstić information content (AvgIpc) is 3.03. The average molecular weight is 375 g/mol. The number of rotatable bonds is 5. The van der Waals surface area contributed by atoms with E-state index >= 15 is 0 Å². The number of ether oxygens (including phenoxy) is 2. The molecular formula is C19H26N4O2S. The molecule has 2 aliphatic heterocycles. The van der Waals surface area contributed by atoms with Crippen LogP contribution in [0.4, 0.5) is 0 Å². The normalized spacial score (nSPS) is 18.2. The summed E-state index contributed by atoms with van der Waals surface area (Å²) in [5.41, 5.74) is 0. The lowest BCUT2D eigenvalue weighted by Crippen LogP contribution is -2.32. The van der Waals surface area contributed by atoms with Crippen molar-refractivity contribution in [2.24, 2.45) is 0 Å². The molecule has 0 radical (unpaired) electrons. The fraction of sp³-hybridized carbons (Fsp3) is 0.579. The molecule has 0 spiro atoms. The summed E-state index contributed by atoms with van der Waals surface area (Å²) in [7, 11) is 2.19. The van der Waals surface area contributed by atoms with Crippen LogP contribution in [0.25, 0.3) is 0 Å². The topological polar surface area (TPSA) is 52.4 Å². The number of hydrogen-bond donors (Lipinski definition) is 0. The second-order valence-corrected chi connectivity index (χ2v) is 8.13. The fourth-order valence-corrected chi connectivity index (χ4v) is 4.42. The van der Waals surface area contributed by atoms with Crippen LogP contribution in [-0.4, -0.2) is 58.8 Å². The minimum Gasteiger partial charge on any atom is -0.486 e. The molecule has 0 aliphatic carbocycles. The standard InChI is InChI=1S/C19H26N4O2S/c1-14-20-19(23(21-14)15-5-8-22(2)9-6-15)7-12-26-16-3-4-17-18(13-16)25-11-10-24-17/h3-4,13,15H,5-12H2,1-2H3. The maximum Gasteiger partial charge on any atom is 0.162 e. The van der Waals surface area contributed by atoms with E-state index in [1.807, 2.05) is 24.8 Å². The van der Waals surface area contributed by atoms with Gasteiger partial charge >= 0.3 is 0 Å². The Morgan fingerprint density at radius 1 is 1.15 bits per heavy atom. The van der Waals surface area contributed by atoms with Gasteiger partial charge in [-0.05, 0) is 58.1 Å². The molecule has 26 heavy (non-hydrogen) atoms. The predicted molar refractivity (Wildman–Crippen MR) is 102 cm³/mol. The minimum atomic E-state index is 0.488. The van der Waals surface area contributed by atoms with E-state index in [1.165, 1.54) is 4.90 Å². The van der Waals surface area contributed by atoms with Crippen LogP contribution < -0.4 is 9.47 Å². The first-order chi connectivity index (χ1) is 12.7. The van der Waals surface area contributed by atoms with Crippen molar-refractivity contribution < 1.29 is 9.47 Å². The lowest BCUT2D eigenvalue weighted by molar-refractivity contribution is 0.171. The van der Waals surface area contributed by atoms with E-state index in [-0.39, 0.29) is 0 Å². The molecule has 0 saturated carbocycles. The summed E-state index contributed by atoms with van der Waals surface area (Å²) in [5.74, 6) is 4.67. The van der Waals surface area contributed by atoms with Crippen molar-refractivity contribution in [1.82, 2.24) is 19.7 Å². The Bertz CT molecular complexity index is 756. The third kappa shape index (κ3) is 3.99. The molecule has 0 unspecified atom stereocenters. The van der Waals surface area contributed by atoms with Crippen LogP contribution in [0.2, 0.25) is 0 Å². The molecule has 1 fully saturated rings. The second kappa shape index (κ2) is 7.88. The summed E-state index contributed by atoms with van der Waals surface area (Å²) in [6, 6.07) is 6.67. The third-order valence-electron chi connectivity index (χ3n) is 4.95. The third-order valence-corrected chi connectivity index (χ3v) is 5.95. The molecule has 1 aromatic heterocycles. The lowest BCUT2D eigenvalue weighted by Gasteiger charge is -2.29. The maximum atomic E-state index is 5.67. The summed E-state index contributed by atoms with van der Waals surface area (Å²) in [5, 5.41) is 4.68. The van der Waals surface area contributed by atoms with Crippen LogP contribution in [0, 0.1) is 6.92 Å². The van der Waals surface area contributed by atoms with Gasteiger partial charge in [-0.15, -0.1) is 11.8 Å². The van der Waals surface area contributed by atoms with E-state index in [0.717, 1.165) is 61.3 Å². The fourth-order valence-electron chi connectivity index (χ4n) is 3.55. The van der Waals surface area contributed by atoms with E-state index in [9.17, 15) is 0 Å². The highest BCUT2D eigenvalue weighted by molar-refractivity contribution is 7.99. The molecular weight excluding hydrogens is 348 g/mol. The minimum absolute atomic E-state index is 0.488. The highest BCUT2D eigenvalue weighted by Crippen LogP contribution is 2.34. The second-order valence-electron chi connectivity index (χ2n) is 6.96. The molecule has 1 aromatic carbocycles. The van der Waals surface area contributed by atoms with Gasteiger partial charge in [0.1, 0.15) is 24.9 Å². The van der Waals surface area contributed by atoms with E-state index in [4.69, 9.17) is 9.47 Å². The van der Waals surface area contributed by atoms with Crippen molar-refractivity contribution in [1.29, 1.82) is 0 Å². The van der Waals surface area contributed by atoms with Gasteiger partial charge in [0.15, 0.2) is 11.5 Å². The van der Waals surface area contributed by atoms with Crippen molar-refractivity contribution in [2.75, 3.05) is 39.1 Å². The number of piperidine rings is 1. The summed E-state index contributed by atoms with van der Waals surface area (Å²) in [6.45, 7) is 5.51. The zero-order valence-electron chi connectivity index (χ0n) is 15.5. The summed E-state index contributed by atoms with van der Waals surface area (Å²) in [6.07, 6.45) is 3.23. The number of benzene rings is 1. The molecule has 2 aliphatic rings. The Hall–Kier alpha value is -1.73. The van der Waals surface area contributed by atoms with Gasteiger partial charge in [-0.25, -0.2) is 9.67 Å². The van der Waals surface area contributed by atoms with Gasteiger partial charge in [0, 0.05) is 17.1 Å².